The predicted octanol–water partition coefficient (Wildman–Crippen LogP) is 2.64. The lowest BCUT2D eigenvalue weighted by Crippen LogP contribution is -2.37. The maximum Gasteiger partial charge on any atom is 0.240 e. The number of methoxy groups -OCH3 is 1. The number of carbonyl (C=O) groups excluding carboxylic acids is 1. The smallest absolute Gasteiger partial charge is 0.240 e. The van der Waals surface area contributed by atoms with E-state index in [0.29, 0.717) is 17.9 Å². The molecule has 1 amide bonds. The molecule has 7 heteroatoms. The molecule has 0 fully saturated rings. The first-order valence-electron chi connectivity index (χ1n) is 8.69. The van der Waals surface area contributed by atoms with Crippen LogP contribution in [0.3, 0.4) is 0 Å². The fraction of sp³-hybridized carbons (Fsp3) is 0.350. The van der Waals surface area contributed by atoms with Gasteiger partial charge in [-0.15, -0.1) is 0 Å². The Kier molecular flexibility index (Phi) is 6.98. The van der Waals surface area contributed by atoms with Crippen LogP contribution in [0.15, 0.2) is 47.4 Å². The number of aryl methyl sites for hydroxylation is 2. The van der Waals surface area contributed by atoms with Gasteiger partial charge >= 0.3 is 0 Å². The Hall–Kier alpha value is -2.38. The molecular formula is C20H26N2O4S. The summed E-state index contributed by atoms with van der Waals surface area (Å²) >= 11 is 0. The number of nitrogens with zero attached hydrogens (tertiary/aromatic N) is 1. The molecule has 0 aromatic heterocycles. The summed E-state index contributed by atoms with van der Waals surface area (Å²) in [7, 11) is -2.12. The van der Waals surface area contributed by atoms with Gasteiger partial charge in [-0.1, -0.05) is 30.3 Å². The standard InChI is InChI=1S/C20H26N2O4S/c1-15-13-20(16(2)12-19(15)26-4)27(24,25)21-10-11-22(17(3)23)14-18-8-6-5-7-9-18/h5-9,12-13,21H,10-11,14H2,1-4H3. The summed E-state index contributed by atoms with van der Waals surface area (Å²) in [6.45, 7) is 5.88. The first-order valence-corrected chi connectivity index (χ1v) is 10.2. The molecule has 27 heavy (non-hydrogen) atoms. The van der Waals surface area contributed by atoms with Crippen molar-refractivity contribution in [2.24, 2.45) is 0 Å². The summed E-state index contributed by atoms with van der Waals surface area (Å²) < 4.78 is 33.1. The first-order chi connectivity index (χ1) is 12.7. The summed E-state index contributed by atoms with van der Waals surface area (Å²) in [6, 6.07) is 12.9. The lowest BCUT2D eigenvalue weighted by Gasteiger charge is -2.21. The van der Waals surface area contributed by atoms with E-state index >= 15 is 0 Å². The predicted molar refractivity (Wildman–Crippen MR) is 105 cm³/mol. The number of hydrogen-bond acceptors (Lipinski definition) is 4. The third-order valence-corrected chi connectivity index (χ3v) is 5.92. The van der Waals surface area contributed by atoms with E-state index in [1.807, 2.05) is 30.3 Å². The molecule has 1 N–H and O–H groups in total. The van der Waals surface area contributed by atoms with Crippen molar-refractivity contribution in [1.29, 1.82) is 0 Å². The minimum atomic E-state index is -3.68. The molecule has 0 saturated heterocycles. The fourth-order valence-corrected chi connectivity index (χ4v) is 4.15. The average molecular weight is 391 g/mol. The van der Waals surface area contributed by atoms with Crippen LogP contribution in [-0.2, 0) is 21.4 Å². The summed E-state index contributed by atoms with van der Waals surface area (Å²) in [4.78, 5) is 13.7. The van der Waals surface area contributed by atoms with Crippen LogP contribution in [-0.4, -0.2) is 39.4 Å². The molecule has 0 bridgehead atoms. The Bertz CT molecular complexity index is 896. The highest BCUT2D eigenvalue weighted by molar-refractivity contribution is 7.89. The maximum absolute atomic E-state index is 12.7. The van der Waals surface area contributed by atoms with E-state index in [9.17, 15) is 13.2 Å². The quantitative estimate of drug-likeness (QED) is 0.752. The van der Waals surface area contributed by atoms with Crippen LogP contribution in [0.2, 0.25) is 0 Å². The third-order valence-electron chi connectivity index (χ3n) is 4.32. The molecule has 2 rings (SSSR count). The Balaban J connectivity index is 2.06. The van der Waals surface area contributed by atoms with Gasteiger partial charge < -0.3 is 9.64 Å². The molecule has 2 aromatic carbocycles. The summed E-state index contributed by atoms with van der Waals surface area (Å²) in [6.07, 6.45) is 0. The van der Waals surface area contributed by atoms with E-state index < -0.39 is 10.0 Å². The molecule has 146 valence electrons. The minimum Gasteiger partial charge on any atom is -0.496 e. The zero-order chi connectivity index (χ0) is 20.0. The molecule has 0 radical (unpaired) electrons. The van der Waals surface area contributed by atoms with Gasteiger partial charge in [-0.25, -0.2) is 13.1 Å². The lowest BCUT2D eigenvalue weighted by molar-refractivity contribution is -0.129. The second kappa shape index (κ2) is 9.01. The summed E-state index contributed by atoms with van der Waals surface area (Å²) in [5.74, 6) is 0.548. The van der Waals surface area contributed by atoms with Crippen molar-refractivity contribution in [2.45, 2.75) is 32.2 Å². The van der Waals surface area contributed by atoms with Gasteiger partial charge in [0.1, 0.15) is 5.75 Å². The molecule has 0 heterocycles. The zero-order valence-corrected chi connectivity index (χ0v) is 17.0. The highest BCUT2D eigenvalue weighted by Gasteiger charge is 2.19. The van der Waals surface area contributed by atoms with Crippen molar-refractivity contribution < 1.29 is 17.9 Å². The van der Waals surface area contributed by atoms with Gasteiger partial charge in [0.15, 0.2) is 0 Å². The monoisotopic (exact) mass is 390 g/mol. The second-order valence-electron chi connectivity index (χ2n) is 6.41. The van der Waals surface area contributed by atoms with Crippen molar-refractivity contribution in [3.8, 4) is 5.75 Å². The van der Waals surface area contributed by atoms with Crippen LogP contribution in [0.4, 0.5) is 0 Å². The number of sulfonamides is 1. The molecule has 0 atom stereocenters. The SMILES string of the molecule is COc1cc(C)c(S(=O)(=O)NCCN(Cc2ccccc2)C(C)=O)cc1C. The molecule has 0 aliphatic heterocycles. The number of hydrogen-bond donors (Lipinski definition) is 1. The van der Waals surface area contributed by atoms with Crippen molar-refractivity contribution in [3.63, 3.8) is 0 Å². The van der Waals surface area contributed by atoms with Crippen molar-refractivity contribution in [2.75, 3.05) is 20.2 Å². The third kappa shape index (κ3) is 5.55. The average Bonchev–Trinajstić information content (AvgIpc) is 2.63. The molecule has 0 spiro atoms. The fourth-order valence-electron chi connectivity index (χ4n) is 2.82. The lowest BCUT2D eigenvalue weighted by atomic mass is 10.1. The van der Waals surface area contributed by atoms with Crippen molar-refractivity contribution in [3.05, 3.63) is 59.2 Å². The highest BCUT2D eigenvalue weighted by Crippen LogP contribution is 2.25. The van der Waals surface area contributed by atoms with Crippen LogP contribution in [0, 0.1) is 13.8 Å². The highest BCUT2D eigenvalue weighted by atomic mass is 32.2. The normalized spacial score (nSPS) is 11.3. The van der Waals surface area contributed by atoms with E-state index in [2.05, 4.69) is 4.72 Å². The Morgan fingerprint density at radius 3 is 2.37 bits per heavy atom. The molecule has 0 aliphatic carbocycles. The minimum absolute atomic E-state index is 0.102. The van der Waals surface area contributed by atoms with Gasteiger partial charge in [0.25, 0.3) is 0 Å². The van der Waals surface area contributed by atoms with E-state index in [0.717, 1.165) is 11.1 Å². The molecular weight excluding hydrogens is 364 g/mol. The molecule has 0 unspecified atom stereocenters. The summed E-state index contributed by atoms with van der Waals surface area (Å²) in [5.41, 5.74) is 2.35. The number of amides is 1. The number of carbonyl (C=O) groups is 1. The van der Waals surface area contributed by atoms with Crippen LogP contribution >= 0.6 is 0 Å². The largest absolute Gasteiger partial charge is 0.496 e. The van der Waals surface area contributed by atoms with Gasteiger partial charge in [0.05, 0.1) is 12.0 Å². The van der Waals surface area contributed by atoms with Crippen LogP contribution in [0.25, 0.3) is 0 Å². The van der Waals surface area contributed by atoms with Crippen LogP contribution in [0.5, 0.6) is 5.75 Å². The van der Waals surface area contributed by atoms with Gasteiger partial charge in [0.2, 0.25) is 15.9 Å². The van der Waals surface area contributed by atoms with Gasteiger partial charge in [-0.05, 0) is 42.7 Å². The van der Waals surface area contributed by atoms with Crippen LogP contribution in [0.1, 0.15) is 23.6 Å². The molecule has 6 nitrogen and oxygen atoms in total. The first kappa shape index (κ1) is 20.9. The van der Waals surface area contributed by atoms with Crippen molar-refractivity contribution in [1.82, 2.24) is 9.62 Å². The van der Waals surface area contributed by atoms with Gasteiger partial charge in [-0.2, -0.15) is 0 Å². The molecule has 2 aromatic rings. The number of rotatable bonds is 8. The van der Waals surface area contributed by atoms with Gasteiger partial charge in [0, 0.05) is 26.6 Å². The van der Waals surface area contributed by atoms with E-state index in [-0.39, 0.29) is 23.9 Å². The Morgan fingerprint density at radius 1 is 1.11 bits per heavy atom. The number of nitrogens with one attached hydrogen (secondary N) is 1. The number of benzene rings is 2. The Morgan fingerprint density at radius 2 is 1.78 bits per heavy atom. The van der Waals surface area contributed by atoms with E-state index in [1.165, 1.54) is 6.92 Å². The molecule has 0 aliphatic rings. The second-order valence-corrected chi connectivity index (χ2v) is 8.15. The van der Waals surface area contributed by atoms with Crippen LogP contribution < -0.4 is 9.46 Å². The number of ether oxygens (including phenoxy) is 1. The topological polar surface area (TPSA) is 75.7 Å². The zero-order valence-electron chi connectivity index (χ0n) is 16.2. The Labute approximate surface area is 161 Å². The van der Waals surface area contributed by atoms with E-state index in [1.54, 1.807) is 38.0 Å². The maximum atomic E-state index is 12.7. The van der Waals surface area contributed by atoms with Gasteiger partial charge in [-0.3, -0.25) is 4.79 Å². The molecule has 0 saturated carbocycles. The summed E-state index contributed by atoms with van der Waals surface area (Å²) in [5, 5.41) is 0. The van der Waals surface area contributed by atoms with E-state index in [4.69, 9.17) is 4.74 Å². The van der Waals surface area contributed by atoms with Crippen molar-refractivity contribution >= 4 is 15.9 Å².